The van der Waals surface area contributed by atoms with E-state index in [1.54, 1.807) is 12.1 Å². The van der Waals surface area contributed by atoms with E-state index in [4.69, 9.17) is 0 Å². The summed E-state index contributed by atoms with van der Waals surface area (Å²) in [6.07, 6.45) is -8.66. The predicted molar refractivity (Wildman–Crippen MR) is 78.3 cm³/mol. The molecule has 0 fully saturated rings. The van der Waals surface area contributed by atoms with E-state index < -0.39 is 35.0 Å². The molecule has 2 heterocycles. The summed E-state index contributed by atoms with van der Waals surface area (Å²) in [5.74, 6) is -1.34. The van der Waals surface area contributed by atoms with Gasteiger partial charge in [-0.25, -0.2) is 4.98 Å². The fraction of sp³-hybridized carbons (Fsp3) is 0.133. The number of anilines is 1. The van der Waals surface area contributed by atoms with Crippen LogP contribution in [0.2, 0.25) is 0 Å². The molecule has 0 aliphatic heterocycles. The van der Waals surface area contributed by atoms with Crippen molar-refractivity contribution in [2.24, 2.45) is 0 Å². The number of benzene rings is 1. The van der Waals surface area contributed by atoms with Gasteiger partial charge in [-0.3, -0.25) is 10.1 Å². The molecule has 0 saturated heterocycles. The largest absolute Gasteiger partial charge is 0.416 e. The van der Waals surface area contributed by atoms with Gasteiger partial charge in [-0.2, -0.15) is 31.3 Å². The Balaban J connectivity index is 1.97. The molecule has 0 saturated carbocycles. The van der Waals surface area contributed by atoms with E-state index in [2.05, 4.69) is 20.3 Å². The molecule has 1 amide bonds. The zero-order valence-corrected chi connectivity index (χ0v) is 12.5. The number of carbonyl (C=O) groups excluding carboxylic acids is 1. The molecular weight excluding hydrogens is 366 g/mol. The summed E-state index contributed by atoms with van der Waals surface area (Å²) in [5.41, 5.74) is -3.31. The molecule has 0 bridgehead atoms. The highest BCUT2D eigenvalue weighted by atomic mass is 19.4. The number of halogens is 6. The SMILES string of the molecule is O=C(Nc1nc2ncccc2[nH]1)c1cc(C(F)(F)F)cc(C(F)(F)F)c1. The van der Waals surface area contributed by atoms with Crippen LogP contribution in [0.15, 0.2) is 36.5 Å². The average molecular weight is 374 g/mol. The van der Waals surface area contributed by atoms with Gasteiger partial charge in [0, 0.05) is 11.8 Å². The van der Waals surface area contributed by atoms with Gasteiger partial charge in [0.2, 0.25) is 5.95 Å². The van der Waals surface area contributed by atoms with Gasteiger partial charge >= 0.3 is 12.4 Å². The van der Waals surface area contributed by atoms with Crippen molar-refractivity contribution in [1.82, 2.24) is 15.0 Å². The third kappa shape index (κ3) is 3.60. The van der Waals surface area contributed by atoms with Crippen LogP contribution in [0.5, 0.6) is 0 Å². The number of imidazole rings is 1. The summed E-state index contributed by atoms with van der Waals surface area (Å²) in [4.78, 5) is 22.5. The number of alkyl halides is 6. The number of nitrogens with one attached hydrogen (secondary N) is 2. The zero-order chi connectivity index (χ0) is 19.1. The van der Waals surface area contributed by atoms with E-state index in [0.717, 1.165) is 0 Å². The molecule has 2 N–H and O–H groups in total. The second kappa shape index (κ2) is 6.00. The van der Waals surface area contributed by atoms with Crippen molar-refractivity contribution in [2.75, 3.05) is 5.32 Å². The highest BCUT2D eigenvalue weighted by molar-refractivity contribution is 6.04. The van der Waals surface area contributed by atoms with Crippen molar-refractivity contribution < 1.29 is 31.1 Å². The van der Waals surface area contributed by atoms with E-state index in [1.807, 2.05) is 0 Å². The van der Waals surface area contributed by atoms with Gasteiger partial charge in [-0.05, 0) is 30.3 Å². The Labute approximate surface area is 141 Å². The van der Waals surface area contributed by atoms with Crippen molar-refractivity contribution in [2.45, 2.75) is 12.4 Å². The molecule has 11 heteroatoms. The molecule has 136 valence electrons. The maximum Gasteiger partial charge on any atom is 0.416 e. The average Bonchev–Trinajstić information content (AvgIpc) is 2.95. The number of pyridine rings is 1. The third-order valence-corrected chi connectivity index (χ3v) is 3.34. The van der Waals surface area contributed by atoms with Gasteiger partial charge in [-0.15, -0.1) is 0 Å². The molecule has 2 aromatic heterocycles. The van der Waals surface area contributed by atoms with Crippen LogP contribution in [0, 0.1) is 0 Å². The quantitative estimate of drug-likeness (QED) is 0.659. The first-order chi connectivity index (χ1) is 12.0. The van der Waals surface area contributed by atoms with Gasteiger partial charge in [-0.1, -0.05) is 0 Å². The number of nitrogens with zero attached hydrogens (tertiary/aromatic N) is 2. The van der Waals surface area contributed by atoms with Crippen LogP contribution in [0.4, 0.5) is 32.3 Å². The molecule has 0 spiro atoms. The van der Waals surface area contributed by atoms with Crippen LogP contribution in [0.25, 0.3) is 11.2 Å². The summed E-state index contributed by atoms with van der Waals surface area (Å²) in [7, 11) is 0. The number of hydrogen-bond donors (Lipinski definition) is 2. The molecule has 0 aliphatic carbocycles. The van der Waals surface area contributed by atoms with Crippen molar-refractivity contribution in [3.05, 3.63) is 53.2 Å². The summed E-state index contributed by atoms with van der Waals surface area (Å²) >= 11 is 0. The minimum Gasteiger partial charge on any atom is -0.322 e. The molecule has 26 heavy (non-hydrogen) atoms. The maximum absolute atomic E-state index is 12.8. The van der Waals surface area contributed by atoms with E-state index in [9.17, 15) is 31.1 Å². The Morgan fingerprint density at radius 2 is 1.62 bits per heavy atom. The Kier molecular flexibility index (Phi) is 4.09. The minimum absolute atomic E-state index is 0.0537. The summed E-state index contributed by atoms with van der Waals surface area (Å²) in [6, 6.07) is 3.78. The van der Waals surface area contributed by atoms with Crippen LogP contribution in [-0.2, 0) is 12.4 Å². The van der Waals surface area contributed by atoms with Crippen LogP contribution in [-0.4, -0.2) is 20.9 Å². The molecule has 0 unspecified atom stereocenters. The molecule has 5 nitrogen and oxygen atoms in total. The second-order valence-electron chi connectivity index (χ2n) is 5.21. The number of fused-ring (bicyclic) bond motifs is 1. The lowest BCUT2D eigenvalue weighted by Gasteiger charge is -2.13. The van der Waals surface area contributed by atoms with Crippen LogP contribution in [0.1, 0.15) is 21.5 Å². The second-order valence-corrected chi connectivity index (χ2v) is 5.21. The number of rotatable bonds is 2. The lowest BCUT2D eigenvalue weighted by Crippen LogP contribution is -2.17. The number of hydrogen-bond acceptors (Lipinski definition) is 3. The fourth-order valence-electron chi connectivity index (χ4n) is 2.17. The summed E-state index contributed by atoms with van der Waals surface area (Å²) in [5, 5.41) is 2.12. The Hall–Kier alpha value is -3.11. The Morgan fingerprint density at radius 1 is 1.00 bits per heavy atom. The van der Waals surface area contributed by atoms with Crippen LogP contribution in [0.3, 0.4) is 0 Å². The normalized spacial score (nSPS) is 12.4. The lowest BCUT2D eigenvalue weighted by molar-refractivity contribution is -0.143. The van der Waals surface area contributed by atoms with Gasteiger partial charge < -0.3 is 4.98 Å². The van der Waals surface area contributed by atoms with Gasteiger partial charge in [0.25, 0.3) is 5.91 Å². The highest BCUT2D eigenvalue weighted by Crippen LogP contribution is 2.36. The molecular formula is C15H8F6N4O. The number of amides is 1. The summed E-state index contributed by atoms with van der Waals surface area (Å²) < 4.78 is 77.0. The smallest absolute Gasteiger partial charge is 0.322 e. The van der Waals surface area contributed by atoms with Crippen LogP contribution >= 0.6 is 0 Å². The number of aromatic amines is 1. The monoisotopic (exact) mass is 374 g/mol. The zero-order valence-electron chi connectivity index (χ0n) is 12.5. The van der Waals surface area contributed by atoms with Crippen LogP contribution < -0.4 is 5.32 Å². The molecule has 3 aromatic rings. The standard InChI is InChI=1S/C15H8F6N4O/c16-14(17,18)8-4-7(5-9(6-8)15(19,20)21)12(26)25-13-23-10-2-1-3-22-11(10)24-13/h1-6H,(H2,22,23,24,25,26). The number of carbonyl (C=O) groups is 1. The highest BCUT2D eigenvalue weighted by Gasteiger charge is 2.37. The molecule has 1 aromatic carbocycles. The fourth-order valence-corrected chi connectivity index (χ4v) is 2.17. The Morgan fingerprint density at radius 3 is 2.15 bits per heavy atom. The van der Waals surface area contributed by atoms with Crippen molar-refractivity contribution in [3.63, 3.8) is 0 Å². The molecule has 0 aliphatic rings. The van der Waals surface area contributed by atoms with Crippen molar-refractivity contribution in [3.8, 4) is 0 Å². The lowest BCUT2D eigenvalue weighted by atomic mass is 10.0. The Bertz CT molecular complexity index is 911. The molecule has 3 rings (SSSR count). The van der Waals surface area contributed by atoms with Gasteiger partial charge in [0.1, 0.15) is 0 Å². The van der Waals surface area contributed by atoms with E-state index in [1.165, 1.54) is 6.20 Å². The number of aromatic nitrogens is 3. The topological polar surface area (TPSA) is 70.7 Å². The predicted octanol–water partition coefficient (Wildman–Crippen LogP) is 4.25. The molecule has 0 radical (unpaired) electrons. The maximum atomic E-state index is 12.8. The van der Waals surface area contributed by atoms with Gasteiger partial charge in [0.05, 0.1) is 16.6 Å². The van der Waals surface area contributed by atoms with Crippen molar-refractivity contribution >= 4 is 23.0 Å². The van der Waals surface area contributed by atoms with Gasteiger partial charge in [0.15, 0.2) is 5.65 Å². The van der Waals surface area contributed by atoms with E-state index >= 15 is 0 Å². The third-order valence-electron chi connectivity index (χ3n) is 3.34. The van der Waals surface area contributed by atoms with Crippen molar-refractivity contribution in [1.29, 1.82) is 0 Å². The van der Waals surface area contributed by atoms with E-state index in [0.29, 0.717) is 17.6 Å². The summed E-state index contributed by atoms with van der Waals surface area (Å²) in [6.45, 7) is 0. The molecule has 0 atom stereocenters. The number of H-pyrrole nitrogens is 1. The first-order valence-electron chi connectivity index (χ1n) is 6.95. The minimum atomic E-state index is -5.04. The first-order valence-corrected chi connectivity index (χ1v) is 6.95. The van der Waals surface area contributed by atoms with E-state index in [-0.39, 0.29) is 17.7 Å². The first kappa shape index (κ1) is 17.7.